The van der Waals surface area contributed by atoms with Crippen LogP contribution in [0, 0.1) is 5.41 Å². The number of nitrogens with zero attached hydrogens (tertiary/aromatic N) is 3. The van der Waals surface area contributed by atoms with Gasteiger partial charge in [0.15, 0.2) is 0 Å². The normalized spacial score (nSPS) is 23.0. The summed E-state index contributed by atoms with van der Waals surface area (Å²) in [6, 6.07) is 3.83. The number of fused-ring (bicyclic) bond motifs is 1. The van der Waals surface area contributed by atoms with E-state index in [1.165, 1.54) is 11.9 Å². The van der Waals surface area contributed by atoms with Crippen molar-refractivity contribution in [3.05, 3.63) is 40.1 Å². The second-order valence-electron chi connectivity index (χ2n) is 10.6. The van der Waals surface area contributed by atoms with Crippen LogP contribution >= 0.6 is 0 Å². The number of rotatable bonds is 7. The van der Waals surface area contributed by atoms with Gasteiger partial charge in [0.25, 0.3) is 6.43 Å². The highest BCUT2D eigenvalue weighted by molar-refractivity contribution is 5.75. The Bertz CT molecular complexity index is 1070. The van der Waals surface area contributed by atoms with Crippen LogP contribution in [0.4, 0.5) is 19.3 Å². The average Bonchev–Trinajstić information content (AvgIpc) is 3.33. The molecule has 2 unspecified atom stereocenters. The summed E-state index contributed by atoms with van der Waals surface area (Å²) in [7, 11) is 3.42. The van der Waals surface area contributed by atoms with Gasteiger partial charge >= 0.3 is 6.03 Å². The van der Waals surface area contributed by atoms with E-state index < -0.39 is 12.3 Å². The van der Waals surface area contributed by atoms with Crippen molar-refractivity contribution in [2.45, 2.75) is 56.7 Å². The van der Waals surface area contributed by atoms with Crippen molar-refractivity contribution < 1.29 is 13.6 Å². The zero-order chi connectivity index (χ0) is 26.8. The molecule has 5 rings (SSSR count). The fourth-order valence-corrected chi connectivity index (χ4v) is 6.52. The first-order valence-electron chi connectivity index (χ1n) is 13.8. The minimum atomic E-state index is -2.63. The summed E-state index contributed by atoms with van der Waals surface area (Å²) in [4.78, 5) is 16.6. The van der Waals surface area contributed by atoms with Crippen molar-refractivity contribution in [3.63, 3.8) is 0 Å². The molecule has 4 aliphatic rings. The summed E-state index contributed by atoms with van der Waals surface area (Å²) in [5.74, 6) is -0.404. The van der Waals surface area contributed by atoms with Crippen LogP contribution in [0.3, 0.4) is 0 Å². The minimum absolute atomic E-state index is 0.00237. The van der Waals surface area contributed by atoms with Gasteiger partial charge in [-0.2, -0.15) is 0 Å². The van der Waals surface area contributed by atoms with Gasteiger partial charge in [0, 0.05) is 80.3 Å². The molecule has 1 aromatic rings. The Morgan fingerprint density at radius 1 is 1.18 bits per heavy atom. The van der Waals surface area contributed by atoms with Crippen molar-refractivity contribution in [2.75, 3.05) is 58.3 Å². The first-order chi connectivity index (χ1) is 18.5. The average molecular weight is 531 g/mol. The van der Waals surface area contributed by atoms with E-state index in [1.807, 2.05) is 11.0 Å². The topological polar surface area (TPSA) is 98.8 Å². The van der Waals surface area contributed by atoms with E-state index in [-0.39, 0.29) is 17.8 Å². The minimum Gasteiger partial charge on any atom is -0.351 e. The summed E-state index contributed by atoms with van der Waals surface area (Å²) in [5.41, 5.74) is 8.58. The maximum Gasteiger partial charge on any atom is 0.317 e. The van der Waals surface area contributed by atoms with Crippen LogP contribution < -0.4 is 26.3 Å². The lowest BCUT2D eigenvalue weighted by molar-refractivity contribution is 0.142. The number of alkyl halides is 2. The maximum atomic E-state index is 14.4. The predicted molar refractivity (Wildman–Crippen MR) is 145 cm³/mol. The van der Waals surface area contributed by atoms with Gasteiger partial charge in [-0.1, -0.05) is 6.07 Å². The quantitative estimate of drug-likeness (QED) is 0.348. The molecule has 2 atom stereocenters. The van der Waals surface area contributed by atoms with Gasteiger partial charge in [0.1, 0.15) is 6.17 Å². The van der Waals surface area contributed by atoms with Crippen LogP contribution in [0.5, 0.6) is 0 Å². The molecule has 208 valence electrons. The van der Waals surface area contributed by atoms with Crippen molar-refractivity contribution >= 4 is 17.9 Å². The van der Waals surface area contributed by atoms with Crippen molar-refractivity contribution in [2.24, 2.45) is 0 Å². The van der Waals surface area contributed by atoms with Crippen LogP contribution in [0.1, 0.15) is 54.7 Å². The maximum absolute atomic E-state index is 14.4. The smallest absolute Gasteiger partial charge is 0.317 e. The SMILES string of the molecule is CNCC(C=N)c1cc2c(cc1C(F)F)N(C1NN(C3CCNCC3)C3=C1CN(C(=O)NC)CC3)CCC2. The third kappa shape index (κ3) is 4.99. The second kappa shape index (κ2) is 11.5. The van der Waals surface area contributed by atoms with Crippen LogP contribution in [0.25, 0.3) is 0 Å². The zero-order valence-corrected chi connectivity index (χ0v) is 22.3. The largest absolute Gasteiger partial charge is 0.351 e. The third-order valence-corrected chi connectivity index (χ3v) is 8.42. The first kappa shape index (κ1) is 26.8. The molecule has 0 aromatic heterocycles. The molecule has 0 spiro atoms. The molecule has 5 N–H and O–H groups in total. The van der Waals surface area contributed by atoms with E-state index >= 15 is 0 Å². The van der Waals surface area contributed by atoms with Gasteiger partial charge in [-0.25, -0.2) is 19.0 Å². The Morgan fingerprint density at radius 3 is 2.66 bits per heavy atom. The van der Waals surface area contributed by atoms with Gasteiger partial charge in [0.2, 0.25) is 0 Å². The number of hydrogen-bond donors (Lipinski definition) is 5. The van der Waals surface area contributed by atoms with E-state index in [9.17, 15) is 13.6 Å². The number of benzene rings is 1. The van der Waals surface area contributed by atoms with Gasteiger partial charge in [-0.05, 0) is 63.0 Å². The number of anilines is 1. The van der Waals surface area contributed by atoms with E-state index in [0.29, 0.717) is 31.2 Å². The molecule has 11 heteroatoms. The predicted octanol–water partition coefficient (Wildman–Crippen LogP) is 2.53. The molecule has 0 aliphatic carbocycles. The molecule has 2 amide bonds. The lowest BCUT2D eigenvalue weighted by Crippen LogP contribution is -2.54. The second-order valence-corrected chi connectivity index (χ2v) is 10.6. The molecule has 4 aliphatic heterocycles. The molecule has 1 aromatic carbocycles. The Labute approximate surface area is 223 Å². The highest BCUT2D eigenvalue weighted by Crippen LogP contribution is 2.41. The highest BCUT2D eigenvalue weighted by Gasteiger charge is 2.42. The molecule has 38 heavy (non-hydrogen) atoms. The van der Waals surface area contributed by atoms with Gasteiger partial charge < -0.3 is 36.2 Å². The number of likely N-dealkylation sites (N-methyl/N-ethyl adjacent to an activating group) is 1. The van der Waals surface area contributed by atoms with Crippen molar-refractivity contribution in [3.8, 4) is 0 Å². The molecule has 0 saturated carbocycles. The van der Waals surface area contributed by atoms with Crippen LogP contribution in [-0.2, 0) is 6.42 Å². The highest BCUT2D eigenvalue weighted by atomic mass is 19.3. The van der Waals surface area contributed by atoms with Crippen molar-refractivity contribution in [1.29, 1.82) is 5.41 Å². The van der Waals surface area contributed by atoms with E-state index in [0.717, 1.165) is 68.6 Å². The third-order valence-electron chi connectivity index (χ3n) is 8.42. The summed E-state index contributed by atoms with van der Waals surface area (Å²) in [6.45, 7) is 4.28. The number of halogens is 2. The summed E-state index contributed by atoms with van der Waals surface area (Å²) in [5, 5.41) is 19.4. The van der Waals surface area contributed by atoms with Crippen LogP contribution in [0.2, 0.25) is 0 Å². The molecule has 1 fully saturated rings. The first-order valence-corrected chi connectivity index (χ1v) is 13.8. The number of carbonyl (C=O) groups excluding carboxylic acids is 1. The zero-order valence-electron chi connectivity index (χ0n) is 22.3. The number of urea groups is 1. The molecular formula is C27H40F2N8O. The van der Waals surface area contributed by atoms with E-state index in [2.05, 4.69) is 31.3 Å². The van der Waals surface area contributed by atoms with Crippen LogP contribution in [0.15, 0.2) is 23.4 Å². The standard InChI is InChI=1S/C27H40F2N8O/c1-31-15-18(14-30)20-12-17-4-3-10-36(24(17)13-21(20)25(28)29)26-22-16-35(27(38)32-2)11-7-23(22)37(34-26)19-5-8-33-9-6-19/h12-14,18-19,25-26,30-31,33-34H,3-11,15-16H2,1-2H3,(H,32,38). The molecular weight excluding hydrogens is 490 g/mol. The fourth-order valence-electron chi connectivity index (χ4n) is 6.52. The fraction of sp³-hybridized carbons (Fsp3) is 0.630. The Hall–Kier alpha value is -2.76. The van der Waals surface area contributed by atoms with Gasteiger partial charge in [0.05, 0.1) is 0 Å². The number of piperidine rings is 1. The number of carbonyl (C=O) groups is 1. The summed E-state index contributed by atoms with van der Waals surface area (Å²) < 4.78 is 28.8. The number of nitrogens with one attached hydrogen (secondary N) is 5. The van der Waals surface area contributed by atoms with Crippen molar-refractivity contribution in [1.82, 2.24) is 31.3 Å². The Balaban J connectivity index is 1.53. The molecule has 0 radical (unpaired) electrons. The number of aryl methyl sites for hydroxylation is 1. The molecule has 9 nitrogen and oxygen atoms in total. The Kier molecular flexibility index (Phi) is 8.15. The Morgan fingerprint density at radius 2 is 1.97 bits per heavy atom. The summed E-state index contributed by atoms with van der Waals surface area (Å²) in [6.07, 6.45) is 2.98. The van der Waals surface area contributed by atoms with E-state index in [4.69, 9.17) is 5.41 Å². The van der Waals surface area contributed by atoms with Gasteiger partial charge in [-0.15, -0.1) is 0 Å². The molecule has 1 saturated heterocycles. The number of hydrogen-bond acceptors (Lipinski definition) is 7. The lowest BCUT2D eigenvalue weighted by Gasteiger charge is -2.40. The summed E-state index contributed by atoms with van der Waals surface area (Å²) >= 11 is 0. The monoisotopic (exact) mass is 530 g/mol. The lowest BCUT2D eigenvalue weighted by atomic mass is 9.88. The molecule has 0 bridgehead atoms. The van der Waals surface area contributed by atoms with Gasteiger partial charge in [-0.3, -0.25) is 0 Å². The number of amides is 2. The molecule has 4 heterocycles. The van der Waals surface area contributed by atoms with Crippen LogP contribution in [-0.4, -0.2) is 87.7 Å². The number of hydrazine groups is 1. The van der Waals surface area contributed by atoms with E-state index in [1.54, 1.807) is 20.2 Å².